The third kappa shape index (κ3) is 5.77. The van der Waals surface area contributed by atoms with Crippen LogP contribution in [-0.2, 0) is 6.54 Å². The number of carbonyl (C=O) groups is 2. The van der Waals surface area contributed by atoms with Gasteiger partial charge in [0.05, 0.1) is 0 Å². The van der Waals surface area contributed by atoms with Gasteiger partial charge in [-0.15, -0.1) is 0 Å². The van der Waals surface area contributed by atoms with E-state index in [-0.39, 0.29) is 11.8 Å². The molecule has 0 aliphatic carbocycles. The Hall–Kier alpha value is -3.44. The number of nitrogens with zero attached hydrogens (tertiary/aromatic N) is 1. The summed E-state index contributed by atoms with van der Waals surface area (Å²) in [6.45, 7) is 1.54. The Labute approximate surface area is 171 Å². The fourth-order valence-electron chi connectivity index (χ4n) is 3.06. The van der Waals surface area contributed by atoms with E-state index < -0.39 is 0 Å². The van der Waals surface area contributed by atoms with Crippen molar-refractivity contribution in [1.29, 1.82) is 0 Å². The smallest absolute Gasteiger partial charge is 0.255 e. The first-order valence-electron chi connectivity index (χ1n) is 9.67. The summed E-state index contributed by atoms with van der Waals surface area (Å²) in [6, 6.07) is 25.9. The molecule has 5 nitrogen and oxygen atoms in total. The molecule has 0 radical (unpaired) electrons. The van der Waals surface area contributed by atoms with Crippen LogP contribution in [0.15, 0.2) is 84.9 Å². The van der Waals surface area contributed by atoms with Crippen molar-refractivity contribution in [2.75, 3.05) is 18.4 Å². The Morgan fingerprint density at radius 3 is 2.14 bits per heavy atom. The Kier molecular flexibility index (Phi) is 7.14. The molecule has 29 heavy (non-hydrogen) atoms. The van der Waals surface area contributed by atoms with Crippen molar-refractivity contribution in [3.05, 3.63) is 102 Å². The zero-order chi connectivity index (χ0) is 20.5. The molecular formula is C24H25N3O2. The number of rotatable bonds is 8. The third-order valence-electron chi connectivity index (χ3n) is 4.53. The van der Waals surface area contributed by atoms with E-state index in [1.54, 1.807) is 17.0 Å². The SMILES string of the molecule is NCCCN(Cc1cccc(NC(=O)c2ccccc2)c1)C(=O)c1ccccc1. The molecule has 0 atom stereocenters. The zero-order valence-corrected chi connectivity index (χ0v) is 16.3. The van der Waals surface area contributed by atoms with Crippen molar-refractivity contribution in [3.8, 4) is 0 Å². The van der Waals surface area contributed by atoms with Gasteiger partial charge in [0.25, 0.3) is 11.8 Å². The van der Waals surface area contributed by atoms with Gasteiger partial charge in [-0.2, -0.15) is 0 Å². The molecule has 0 saturated heterocycles. The molecule has 0 bridgehead atoms. The Morgan fingerprint density at radius 2 is 1.48 bits per heavy atom. The quantitative estimate of drug-likeness (QED) is 0.615. The molecule has 0 aromatic heterocycles. The van der Waals surface area contributed by atoms with E-state index in [2.05, 4.69) is 5.32 Å². The number of anilines is 1. The highest BCUT2D eigenvalue weighted by atomic mass is 16.2. The van der Waals surface area contributed by atoms with Gasteiger partial charge in [0, 0.05) is 29.9 Å². The van der Waals surface area contributed by atoms with E-state index in [1.165, 1.54) is 0 Å². The molecule has 0 aliphatic heterocycles. The molecule has 5 heteroatoms. The molecule has 3 aromatic rings. The van der Waals surface area contributed by atoms with Gasteiger partial charge in [0.15, 0.2) is 0 Å². The highest BCUT2D eigenvalue weighted by Crippen LogP contribution is 2.16. The molecule has 0 heterocycles. The van der Waals surface area contributed by atoms with Gasteiger partial charge in [0.2, 0.25) is 0 Å². The fraction of sp³-hybridized carbons (Fsp3) is 0.167. The first kappa shape index (κ1) is 20.3. The predicted octanol–water partition coefficient (Wildman–Crippen LogP) is 3.93. The number of benzene rings is 3. The van der Waals surface area contributed by atoms with E-state index in [0.29, 0.717) is 36.4 Å². The van der Waals surface area contributed by atoms with Crippen LogP contribution in [0.25, 0.3) is 0 Å². The molecule has 0 unspecified atom stereocenters. The molecule has 3 aromatic carbocycles. The number of hydrogen-bond donors (Lipinski definition) is 2. The van der Waals surface area contributed by atoms with Gasteiger partial charge in [-0.1, -0.05) is 48.5 Å². The zero-order valence-electron chi connectivity index (χ0n) is 16.3. The van der Waals surface area contributed by atoms with Gasteiger partial charge in [0.1, 0.15) is 0 Å². The first-order chi connectivity index (χ1) is 14.2. The monoisotopic (exact) mass is 387 g/mol. The maximum absolute atomic E-state index is 12.9. The Balaban J connectivity index is 1.73. The second-order valence-electron chi connectivity index (χ2n) is 6.76. The number of nitrogens with two attached hydrogens (primary N) is 1. The van der Waals surface area contributed by atoms with Crippen LogP contribution in [0.4, 0.5) is 5.69 Å². The van der Waals surface area contributed by atoms with E-state index in [4.69, 9.17) is 5.73 Å². The Morgan fingerprint density at radius 1 is 0.828 bits per heavy atom. The summed E-state index contributed by atoms with van der Waals surface area (Å²) in [5, 5.41) is 2.91. The molecule has 0 saturated carbocycles. The van der Waals surface area contributed by atoms with E-state index in [1.807, 2.05) is 72.8 Å². The van der Waals surface area contributed by atoms with Crippen molar-refractivity contribution < 1.29 is 9.59 Å². The summed E-state index contributed by atoms with van der Waals surface area (Å²) < 4.78 is 0. The molecule has 3 rings (SSSR count). The lowest BCUT2D eigenvalue weighted by Crippen LogP contribution is -2.32. The van der Waals surface area contributed by atoms with Crippen LogP contribution in [0.2, 0.25) is 0 Å². The van der Waals surface area contributed by atoms with Crippen LogP contribution in [0.1, 0.15) is 32.7 Å². The van der Waals surface area contributed by atoms with Crippen LogP contribution in [0, 0.1) is 0 Å². The van der Waals surface area contributed by atoms with Gasteiger partial charge >= 0.3 is 0 Å². The predicted molar refractivity (Wildman–Crippen MR) is 116 cm³/mol. The Bertz CT molecular complexity index is 943. The molecule has 0 fully saturated rings. The van der Waals surface area contributed by atoms with Crippen molar-refractivity contribution >= 4 is 17.5 Å². The molecule has 0 aliphatic rings. The van der Waals surface area contributed by atoms with Crippen LogP contribution in [0.3, 0.4) is 0 Å². The van der Waals surface area contributed by atoms with Gasteiger partial charge in [-0.3, -0.25) is 9.59 Å². The van der Waals surface area contributed by atoms with Gasteiger partial charge < -0.3 is 16.0 Å². The molecule has 148 valence electrons. The summed E-state index contributed by atoms with van der Waals surface area (Å²) in [7, 11) is 0. The first-order valence-corrected chi connectivity index (χ1v) is 9.67. The normalized spacial score (nSPS) is 10.4. The second kappa shape index (κ2) is 10.2. The summed E-state index contributed by atoms with van der Waals surface area (Å²) in [5.74, 6) is -0.194. The van der Waals surface area contributed by atoms with Crippen LogP contribution in [-0.4, -0.2) is 29.8 Å². The number of amides is 2. The van der Waals surface area contributed by atoms with Gasteiger partial charge in [-0.25, -0.2) is 0 Å². The van der Waals surface area contributed by atoms with Crippen molar-refractivity contribution in [2.45, 2.75) is 13.0 Å². The van der Waals surface area contributed by atoms with E-state index in [0.717, 1.165) is 12.0 Å². The summed E-state index contributed by atoms with van der Waals surface area (Å²) >= 11 is 0. The maximum atomic E-state index is 12.9. The van der Waals surface area contributed by atoms with Crippen molar-refractivity contribution in [3.63, 3.8) is 0 Å². The van der Waals surface area contributed by atoms with E-state index >= 15 is 0 Å². The molecular weight excluding hydrogens is 362 g/mol. The summed E-state index contributed by atoms with van der Waals surface area (Å²) in [6.07, 6.45) is 0.725. The molecule has 3 N–H and O–H groups in total. The number of nitrogens with one attached hydrogen (secondary N) is 1. The van der Waals surface area contributed by atoms with E-state index in [9.17, 15) is 9.59 Å². The lowest BCUT2D eigenvalue weighted by molar-refractivity contribution is 0.0742. The minimum atomic E-state index is -0.164. The maximum Gasteiger partial charge on any atom is 0.255 e. The average molecular weight is 387 g/mol. The number of hydrogen-bond acceptors (Lipinski definition) is 3. The van der Waals surface area contributed by atoms with Crippen molar-refractivity contribution in [1.82, 2.24) is 4.90 Å². The lowest BCUT2D eigenvalue weighted by atomic mass is 10.1. The minimum Gasteiger partial charge on any atom is -0.334 e. The average Bonchev–Trinajstić information content (AvgIpc) is 2.77. The standard InChI is InChI=1S/C24H25N3O2/c25-15-8-16-27(24(29)21-12-5-2-6-13-21)18-19-9-7-14-22(17-19)26-23(28)20-10-3-1-4-11-20/h1-7,9-14,17H,8,15-16,18,25H2,(H,26,28). The van der Waals surface area contributed by atoms with Gasteiger partial charge in [-0.05, 0) is 54.9 Å². The minimum absolute atomic E-state index is 0.0298. The van der Waals surface area contributed by atoms with Crippen molar-refractivity contribution in [2.24, 2.45) is 5.73 Å². The largest absolute Gasteiger partial charge is 0.334 e. The van der Waals surface area contributed by atoms with Crippen LogP contribution < -0.4 is 11.1 Å². The third-order valence-corrected chi connectivity index (χ3v) is 4.53. The molecule has 2 amide bonds. The van der Waals surface area contributed by atoms with Crippen LogP contribution >= 0.6 is 0 Å². The molecule has 0 spiro atoms. The topological polar surface area (TPSA) is 75.4 Å². The summed E-state index contributed by atoms with van der Waals surface area (Å²) in [4.78, 5) is 27.1. The van der Waals surface area contributed by atoms with Crippen LogP contribution in [0.5, 0.6) is 0 Å². The highest BCUT2D eigenvalue weighted by molar-refractivity contribution is 6.04. The summed E-state index contributed by atoms with van der Waals surface area (Å²) in [5.41, 5.74) is 8.55. The number of carbonyl (C=O) groups excluding carboxylic acids is 2. The second-order valence-corrected chi connectivity index (χ2v) is 6.76. The lowest BCUT2D eigenvalue weighted by Gasteiger charge is -2.23. The fourth-order valence-corrected chi connectivity index (χ4v) is 3.06. The highest BCUT2D eigenvalue weighted by Gasteiger charge is 2.16.